The number of H-pyrrole nitrogens is 1. The Morgan fingerprint density at radius 1 is 0.944 bits per heavy atom. The molecule has 0 unspecified atom stereocenters. The van der Waals surface area contributed by atoms with E-state index in [-0.39, 0.29) is 11.8 Å². The van der Waals surface area contributed by atoms with Crippen LogP contribution in [0.15, 0.2) is 79.0 Å². The fourth-order valence-electron chi connectivity index (χ4n) is 5.21. The van der Waals surface area contributed by atoms with Crippen molar-refractivity contribution in [2.75, 3.05) is 19.6 Å². The third-order valence-electron chi connectivity index (χ3n) is 7.41. The third kappa shape index (κ3) is 4.76. The molecule has 6 heteroatoms. The average Bonchev–Trinajstić information content (AvgIpc) is 3.48. The van der Waals surface area contributed by atoms with Crippen LogP contribution in [-0.2, 0) is 11.3 Å². The molecule has 1 N–H and O–H groups in total. The van der Waals surface area contributed by atoms with Gasteiger partial charge in [-0.25, -0.2) is 0 Å². The van der Waals surface area contributed by atoms with Gasteiger partial charge >= 0.3 is 0 Å². The summed E-state index contributed by atoms with van der Waals surface area (Å²) in [4.78, 5) is 30.2. The van der Waals surface area contributed by atoms with Crippen LogP contribution in [0.4, 0.5) is 0 Å². The summed E-state index contributed by atoms with van der Waals surface area (Å²) in [7, 11) is 0. The number of likely N-dealkylation sites (tertiary alicyclic amines) is 1. The zero-order valence-electron chi connectivity index (χ0n) is 20.3. The van der Waals surface area contributed by atoms with Gasteiger partial charge in [0.2, 0.25) is 5.91 Å². The molecule has 0 spiro atoms. The van der Waals surface area contributed by atoms with Crippen LogP contribution in [0, 0.1) is 11.8 Å². The minimum atomic E-state index is 0.0291. The summed E-state index contributed by atoms with van der Waals surface area (Å²) in [5.41, 5.74) is 4.92. The Labute approximate surface area is 210 Å². The lowest BCUT2D eigenvalue weighted by Crippen LogP contribution is -2.37. The summed E-state index contributed by atoms with van der Waals surface area (Å²) in [5, 5.41) is 8.19. The summed E-state index contributed by atoms with van der Waals surface area (Å²) in [6.45, 7) is 2.77. The molecule has 2 fully saturated rings. The standard InChI is InChI=1S/C30H30N4O2/c35-29(24-10-11-24)33-15-14-22(19-33)20-34(18-21-4-2-1-3-5-21)30(36)25-8-6-23(7-9-25)26-12-13-27-17-31-32-28(27)16-26/h1-9,12-13,16-17,22,24H,10-11,14-15,18-20H2,(H,31,32)/t22-/m1/s1. The minimum absolute atomic E-state index is 0.0291. The van der Waals surface area contributed by atoms with Gasteiger partial charge in [0.15, 0.2) is 0 Å². The molecule has 2 heterocycles. The highest BCUT2D eigenvalue weighted by molar-refractivity contribution is 5.95. The van der Waals surface area contributed by atoms with Crippen LogP contribution in [0.5, 0.6) is 0 Å². The number of nitrogens with one attached hydrogen (secondary N) is 1. The van der Waals surface area contributed by atoms with Crippen molar-refractivity contribution in [2.24, 2.45) is 11.8 Å². The molecule has 1 aliphatic heterocycles. The number of fused-ring (bicyclic) bond motifs is 1. The van der Waals surface area contributed by atoms with Gasteiger partial charge in [-0.05, 0) is 60.1 Å². The highest BCUT2D eigenvalue weighted by atomic mass is 16.2. The maximum Gasteiger partial charge on any atom is 0.254 e. The second kappa shape index (κ2) is 9.61. The van der Waals surface area contributed by atoms with Crippen molar-refractivity contribution < 1.29 is 9.59 Å². The van der Waals surface area contributed by atoms with E-state index in [4.69, 9.17) is 0 Å². The van der Waals surface area contributed by atoms with Crippen molar-refractivity contribution in [3.05, 3.63) is 90.1 Å². The zero-order valence-corrected chi connectivity index (χ0v) is 20.3. The fraction of sp³-hybridized carbons (Fsp3) is 0.300. The van der Waals surface area contributed by atoms with E-state index in [1.165, 1.54) is 0 Å². The maximum atomic E-state index is 13.7. The highest BCUT2D eigenvalue weighted by Gasteiger charge is 2.37. The van der Waals surface area contributed by atoms with Crippen molar-refractivity contribution in [1.82, 2.24) is 20.0 Å². The topological polar surface area (TPSA) is 69.3 Å². The largest absolute Gasteiger partial charge is 0.342 e. The van der Waals surface area contributed by atoms with E-state index < -0.39 is 0 Å². The van der Waals surface area contributed by atoms with Crippen molar-refractivity contribution in [3.63, 3.8) is 0 Å². The second-order valence-electron chi connectivity index (χ2n) is 10.1. The fourth-order valence-corrected chi connectivity index (χ4v) is 5.21. The molecule has 1 aliphatic carbocycles. The van der Waals surface area contributed by atoms with Crippen molar-refractivity contribution in [3.8, 4) is 11.1 Å². The van der Waals surface area contributed by atoms with E-state index in [1.807, 2.05) is 64.5 Å². The molecule has 1 saturated heterocycles. The number of aromatic nitrogens is 2. The number of nitrogens with zero attached hydrogens (tertiary/aromatic N) is 3. The molecule has 36 heavy (non-hydrogen) atoms. The predicted octanol–water partition coefficient (Wildman–Crippen LogP) is 5.13. The van der Waals surface area contributed by atoms with E-state index in [2.05, 4.69) is 34.5 Å². The first-order valence-electron chi connectivity index (χ1n) is 12.8. The normalized spacial score (nSPS) is 17.4. The lowest BCUT2D eigenvalue weighted by atomic mass is 10.0. The average molecular weight is 479 g/mol. The van der Waals surface area contributed by atoms with Gasteiger partial charge in [0.25, 0.3) is 5.91 Å². The SMILES string of the molecule is O=C(c1ccc(-c2ccc3cn[nH]c3c2)cc1)N(Cc1ccccc1)C[C@@H]1CCN(C(=O)C2CC2)C1. The van der Waals surface area contributed by atoms with Gasteiger partial charge in [-0.2, -0.15) is 5.10 Å². The van der Waals surface area contributed by atoms with Gasteiger partial charge in [-0.1, -0.05) is 54.6 Å². The van der Waals surface area contributed by atoms with Crippen molar-refractivity contribution in [2.45, 2.75) is 25.8 Å². The van der Waals surface area contributed by atoms with E-state index in [0.717, 1.165) is 59.9 Å². The molecule has 6 rings (SSSR count). The molecule has 182 valence electrons. The molecule has 1 atom stereocenters. The minimum Gasteiger partial charge on any atom is -0.342 e. The van der Waals surface area contributed by atoms with Crippen LogP contribution < -0.4 is 0 Å². The Hall–Kier alpha value is -3.93. The first kappa shape index (κ1) is 22.5. The van der Waals surface area contributed by atoms with Gasteiger partial charge in [-0.15, -0.1) is 0 Å². The van der Waals surface area contributed by atoms with E-state index in [1.54, 1.807) is 0 Å². The van der Waals surface area contributed by atoms with Crippen LogP contribution in [0.2, 0.25) is 0 Å². The molecule has 6 nitrogen and oxygen atoms in total. The first-order chi connectivity index (χ1) is 17.6. The summed E-state index contributed by atoms with van der Waals surface area (Å²) in [5.74, 6) is 0.891. The lowest BCUT2D eigenvalue weighted by molar-refractivity contribution is -0.131. The highest BCUT2D eigenvalue weighted by Crippen LogP contribution is 2.33. The summed E-state index contributed by atoms with van der Waals surface area (Å²) < 4.78 is 0. The Balaban J connectivity index is 1.19. The third-order valence-corrected chi connectivity index (χ3v) is 7.41. The second-order valence-corrected chi connectivity index (χ2v) is 10.1. The number of aromatic amines is 1. The Kier molecular flexibility index (Phi) is 6.01. The van der Waals surface area contributed by atoms with E-state index >= 15 is 0 Å². The molecular weight excluding hydrogens is 448 g/mol. The predicted molar refractivity (Wildman–Crippen MR) is 140 cm³/mol. The Morgan fingerprint density at radius 2 is 1.72 bits per heavy atom. The summed E-state index contributed by atoms with van der Waals surface area (Å²) >= 11 is 0. The maximum absolute atomic E-state index is 13.7. The van der Waals surface area contributed by atoms with Gasteiger partial charge < -0.3 is 9.80 Å². The number of carbonyl (C=O) groups is 2. The molecule has 3 aromatic carbocycles. The number of amides is 2. The van der Waals surface area contributed by atoms with Gasteiger partial charge in [0.1, 0.15) is 0 Å². The lowest BCUT2D eigenvalue weighted by Gasteiger charge is -2.26. The molecular formula is C30H30N4O2. The van der Waals surface area contributed by atoms with Crippen LogP contribution >= 0.6 is 0 Å². The van der Waals surface area contributed by atoms with Gasteiger partial charge in [-0.3, -0.25) is 14.7 Å². The van der Waals surface area contributed by atoms with Gasteiger partial charge in [0.05, 0.1) is 11.7 Å². The molecule has 2 amide bonds. The number of hydrogen-bond acceptors (Lipinski definition) is 3. The molecule has 2 aliphatic rings. The number of carbonyl (C=O) groups excluding carboxylic acids is 2. The Bertz CT molecular complexity index is 1380. The van der Waals surface area contributed by atoms with Crippen LogP contribution in [0.25, 0.3) is 22.0 Å². The smallest absolute Gasteiger partial charge is 0.254 e. The molecule has 0 bridgehead atoms. The van der Waals surface area contributed by atoms with Crippen LogP contribution in [0.1, 0.15) is 35.2 Å². The zero-order chi connectivity index (χ0) is 24.5. The van der Waals surface area contributed by atoms with Crippen LogP contribution in [-0.4, -0.2) is 51.4 Å². The quantitative estimate of drug-likeness (QED) is 0.400. The molecule has 1 aromatic heterocycles. The molecule has 4 aromatic rings. The van der Waals surface area contributed by atoms with Crippen molar-refractivity contribution in [1.29, 1.82) is 0 Å². The van der Waals surface area contributed by atoms with Crippen molar-refractivity contribution >= 4 is 22.7 Å². The van der Waals surface area contributed by atoms with E-state index in [0.29, 0.717) is 30.5 Å². The van der Waals surface area contributed by atoms with Crippen LogP contribution in [0.3, 0.4) is 0 Å². The number of hydrogen-bond donors (Lipinski definition) is 1. The summed E-state index contributed by atoms with van der Waals surface area (Å²) in [6, 6.07) is 24.2. The molecule has 0 radical (unpaired) electrons. The monoisotopic (exact) mass is 478 g/mol. The Morgan fingerprint density at radius 3 is 2.50 bits per heavy atom. The first-order valence-corrected chi connectivity index (χ1v) is 12.8. The van der Waals surface area contributed by atoms with E-state index in [9.17, 15) is 9.59 Å². The number of benzene rings is 3. The summed E-state index contributed by atoms with van der Waals surface area (Å²) in [6.07, 6.45) is 4.83. The molecule has 1 saturated carbocycles. The van der Waals surface area contributed by atoms with Gasteiger partial charge in [0, 0.05) is 43.0 Å². The number of rotatable bonds is 7.